The molecule has 0 aliphatic heterocycles. The van der Waals surface area contributed by atoms with E-state index < -0.39 is 0 Å². The predicted octanol–water partition coefficient (Wildman–Crippen LogP) is 6.00. The molecule has 128 valence electrons. The number of amides is 1. The third kappa shape index (κ3) is 3.11. The topological polar surface area (TPSA) is 36.1 Å². The summed E-state index contributed by atoms with van der Waals surface area (Å²) in [5.41, 5.74) is 1.87. The molecule has 4 rings (SSSR count). The van der Waals surface area contributed by atoms with Crippen molar-refractivity contribution in [3.8, 4) is 0 Å². The summed E-state index contributed by atoms with van der Waals surface area (Å²) in [5, 5.41) is 1.11. The fourth-order valence-electron chi connectivity index (χ4n) is 3.01. The molecule has 0 atom stereocenters. The number of nitrogens with zero attached hydrogens (tertiary/aromatic N) is 1. The number of nitrogens with one attached hydrogen (secondary N) is 1. The van der Waals surface area contributed by atoms with Crippen molar-refractivity contribution < 1.29 is 4.79 Å². The van der Waals surface area contributed by atoms with Gasteiger partial charge in [-0.15, -0.1) is 0 Å². The van der Waals surface area contributed by atoms with Crippen molar-refractivity contribution in [3.63, 3.8) is 0 Å². The van der Waals surface area contributed by atoms with Gasteiger partial charge in [0.1, 0.15) is 5.82 Å². The summed E-state index contributed by atoms with van der Waals surface area (Å²) in [4.78, 5) is 19.9. The molecule has 0 saturated heterocycles. The molecule has 1 heterocycles. The highest BCUT2D eigenvalue weighted by molar-refractivity contribution is 7.99. The van der Waals surface area contributed by atoms with Gasteiger partial charge in [-0.3, -0.25) is 9.69 Å². The standard InChI is InChI=1S/C22H18N2OS/c1-16(25)24(17-10-4-2-5-11-17)22-21(26-18-12-6-3-7-13-18)19-14-8-9-15-20(19)23-22/h2-15,23H,1H3. The summed E-state index contributed by atoms with van der Waals surface area (Å²) >= 11 is 1.67. The molecule has 0 radical (unpaired) electrons. The Morgan fingerprint density at radius 3 is 2.15 bits per heavy atom. The van der Waals surface area contributed by atoms with Crippen LogP contribution < -0.4 is 4.90 Å². The fourth-order valence-corrected chi connectivity index (χ4v) is 4.07. The van der Waals surface area contributed by atoms with E-state index in [0.717, 1.165) is 32.2 Å². The molecule has 3 aromatic carbocycles. The Balaban J connectivity index is 1.90. The molecule has 1 N–H and O–H groups in total. The fraction of sp³-hybridized carbons (Fsp3) is 0.0455. The number of carbonyl (C=O) groups is 1. The van der Waals surface area contributed by atoms with Crippen LogP contribution in [0.4, 0.5) is 11.5 Å². The zero-order valence-electron chi connectivity index (χ0n) is 14.3. The molecule has 0 aliphatic rings. The predicted molar refractivity (Wildman–Crippen MR) is 108 cm³/mol. The van der Waals surface area contributed by atoms with Crippen LogP contribution in [0.3, 0.4) is 0 Å². The third-order valence-corrected chi connectivity index (χ3v) is 5.28. The number of H-pyrrole nitrogens is 1. The van der Waals surface area contributed by atoms with Crippen LogP contribution in [0.5, 0.6) is 0 Å². The number of aromatic nitrogens is 1. The summed E-state index contributed by atoms with van der Waals surface area (Å²) in [7, 11) is 0. The van der Waals surface area contributed by atoms with Gasteiger partial charge in [-0.25, -0.2) is 0 Å². The van der Waals surface area contributed by atoms with Crippen LogP contribution in [0.2, 0.25) is 0 Å². The van der Waals surface area contributed by atoms with Crippen LogP contribution in [-0.2, 0) is 4.79 Å². The smallest absolute Gasteiger partial charge is 0.229 e. The van der Waals surface area contributed by atoms with Gasteiger partial charge < -0.3 is 4.98 Å². The van der Waals surface area contributed by atoms with Crippen LogP contribution >= 0.6 is 11.8 Å². The van der Waals surface area contributed by atoms with E-state index in [1.807, 2.05) is 66.7 Å². The molecule has 4 aromatic rings. The summed E-state index contributed by atoms with van der Waals surface area (Å²) in [6, 6.07) is 28.1. The van der Waals surface area contributed by atoms with Gasteiger partial charge in [0.2, 0.25) is 5.91 Å². The lowest BCUT2D eigenvalue weighted by Crippen LogP contribution is -2.23. The van der Waals surface area contributed by atoms with Gasteiger partial charge >= 0.3 is 0 Å². The number of para-hydroxylation sites is 2. The van der Waals surface area contributed by atoms with Crippen molar-refractivity contribution in [2.75, 3.05) is 4.90 Å². The van der Waals surface area contributed by atoms with Gasteiger partial charge in [0.15, 0.2) is 0 Å². The quantitative estimate of drug-likeness (QED) is 0.485. The van der Waals surface area contributed by atoms with E-state index in [-0.39, 0.29) is 5.91 Å². The van der Waals surface area contributed by atoms with Crippen LogP contribution in [0.25, 0.3) is 10.9 Å². The van der Waals surface area contributed by atoms with E-state index in [1.54, 1.807) is 23.6 Å². The molecule has 0 unspecified atom stereocenters. The maximum atomic E-state index is 12.5. The molecule has 0 saturated carbocycles. The van der Waals surface area contributed by atoms with Crippen molar-refractivity contribution in [2.45, 2.75) is 16.7 Å². The minimum Gasteiger partial charge on any atom is -0.340 e. The number of hydrogen-bond donors (Lipinski definition) is 1. The maximum absolute atomic E-state index is 12.5. The Hall–Kier alpha value is -2.98. The number of benzene rings is 3. The van der Waals surface area contributed by atoms with E-state index in [9.17, 15) is 4.79 Å². The van der Waals surface area contributed by atoms with E-state index in [4.69, 9.17) is 0 Å². The third-order valence-electron chi connectivity index (χ3n) is 4.16. The average molecular weight is 358 g/mol. The first-order chi connectivity index (χ1) is 12.7. The summed E-state index contributed by atoms with van der Waals surface area (Å²) < 4.78 is 0. The van der Waals surface area contributed by atoms with Gasteiger partial charge in [-0.2, -0.15) is 0 Å². The molecule has 1 aromatic heterocycles. The number of anilines is 2. The van der Waals surface area contributed by atoms with E-state index >= 15 is 0 Å². The van der Waals surface area contributed by atoms with Crippen LogP contribution in [0, 0.1) is 0 Å². The van der Waals surface area contributed by atoms with Crippen molar-refractivity contribution >= 4 is 40.1 Å². The summed E-state index contributed by atoms with van der Waals surface area (Å²) in [6.45, 7) is 1.59. The molecule has 0 fully saturated rings. The van der Waals surface area contributed by atoms with Crippen LogP contribution in [0.1, 0.15) is 6.92 Å². The lowest BCUT2D eigenvalue weighted by atomic mass is 10.2. The molecule has 0 aliphatic carbocycles. The Morgan fingerprint density at radius 2 is 1.46 bits per heavy atom. The molecule has 0 bridgehead atoms. The normalized spacial score (nSPS) is 10.8. The van der Waals surface area contributed by atoms with Crippen LogP contribution in [0.15, 0.2) is 94.7 Å². The number of aromatic amines is 1. The number of fused-ring (bicyclic) bond motifs is 1. The van der Waals surface area contributed by atoms with E-state index in [2.05, 4.69) is 23.2 Å². The minimum absolute atomic E-state index is 0.0299. The van der Waals surface area contributed by atoms with Crippen molar-refractivity contribution in [1.29, 1.82) is 0 Å². The lowest BCUT2D eigenvalue weighted by Gasteiger charge is -2.21. The molecule has 26 heavy (non-hydrogen) atoms. The summed E-state index contributed by atoms with van der Waals surface area (Å²) in [6.07, 6.45) is 0. The highest BCUT2D eigenvalue weighted by Gasteiger charge is 2.22. The van der Waals surface area contributed by atoms with E-state index in [0.29, 0.717) is 0 Å². The second kappa shape index (κ2) is 7.10. The highest BCUT2D eigenvalue weighted by atomic mass is 32.2. The van der Waals surface area contributed by atoms with Gasteiger partial charge in [0, 0.05) is 22.7 Å². The zero-order valence-corrected chi connectivity index (χ0v) is 15.2. The molecule has 3 nitrogen and oxygen atoms in total. The second-order valence-corrected chi connectivity index (χ2v) is 7.04. The molecule has 0 spiro atoms. The van der Waals surface area contributed by atoms with E-state index in [1.165, 1.54) is 0 Å². The highest BCUT2D eigenvalue weighted by Crippen LogP contribution is 2.42. The number of hydrogen-bond acceptors (Lipinski definition) is 2. The Kier molecular flexibility index (Phi) is 4.50. The first-order valence-electron chi connectivity index (χ1n) is 8.43. The monoisotopic (exact) mass is 358 g/mol. The number of rotatable bonds is 4. The largest absolute Gasteiger partial charge is 0.340 e. The minimum atomic E-state index is -0.0299. The maximum Gasteiger partial charge on any atom is 0.229 e. The SMILES string of the molecule is CC(=O)N(c1ccccc1)c1[nH]c2ccccc2c1Sc1ccccc1. The van der Waals surface area contributed by atoms with Gasteiger partial charge in [0.05, 0.1) is 10.6 Å². The molecule has 1 amide bonds. The van der Waals surface area contributed by atoms with Gasteiger partial charge in [-0.05, 0) is 30.3 Å². The molecule has 4 heteroatoms. The molecular formula is C22H18N2OS. The molecular weight excluding hydrogens is 340 g/mol. The first kappa shape index (κ1) is 16.5. The van der Waals surface area contributed by atoms with Gasteiger partial charge in [-0.1, -0.05) is 66.4 Å². The average Bonchev–Trinajstić information content (AvgIpc) is 3.01. The van der Waals surface area contributed by atoms with Gasteiger partial charge in [0.25, 0.3) is 0 Å². The van der Waals surface area contributed by atoms with Crippen LogP contribution in [-0.4, -0.2) is 10.9 Å². The Labute approximate surface area is 156 Å². The Bertz CT molecular complexity index is 1040. The zero-order chi connectivity index (χ0) is 17.9. The first-order valence-corrected chi connectivity index (χ1v) is 9.25. The Morgan fingerprint density at radius 1 is 0.846 bits per heavy atom. The van der Waals surface area contributed by atoms with Crippen molar-refractivity contribution in [3.05, 3.63) is 84.9 Å². The number of carbonyl (C=O) groups excluding carboxylic acids is 1. The second-order valence-electron chi connectivity index (χ2n) is 5.95. The van der Waals surface area contributed by atoms with Crippen molar-refractivity contribution in [1.82, 2.24) is 4.98 Å². The van der Waals surface area contributed by atoms with Crippen molar-refractivity contribution in [2.24, 2.45) is 0 Å². The lowest BCUT2D eigenvalue weighted by molar-refractivity contribution is -0.115. The summed E-state index contributed by atoms with van der Waals surface area (Å²) in [5.74, 6) is 0.774.